The van der Waals surface area contributed by atoms with Crippen LogP contribution in [0.4, 0.5) is 5.82 Å². The highest BCUT2D eigenvalue weighted by molar-refractivity contribution is 5.92. The lowest BCUT2D eigenvalue weighted by Crippen LogP contribution is -2.43. The summed E-state index contributed by atoms with van der Waals surface area (Å²) in [6.07, 6.45) is 3.16. The zero-order valence-electron chi connectivity index (χ0n) is 10.9. The van der Waals surface area contributed by atoms with E-state index < -0.39 is 0 Å². The molecule has 0 aromatic carbocycles. The molecule has 5 nitrogen and oxygen atoms in total. The Morgan fingerprint density at radius 3 is 2.72 bits per heavy atom. The molecule has 0 saturated heterocycles. The Kier molecular flexibility index (Phi) is 4.12. The van der Waals surface area contributed by atoms with Crippen molar-refractivity contribution in [3.05, 3.63) is 17.8 Å². The molecule has 1 fully saturated rings. The van der Waals surface area contributed by atoms with Crippen molar-refractivity contribution in [1.29, 1.82) is 0 Å². The van der Waals surface area contributed by atoms with Crippen LogP contribution in [0.25, 0.3) is 0 Å². The molecule has 1 aromatic heterocycles. The van der Waals surface area contributed by atoms with Gasteiger partial charge < -0.3 is 10.6 Å². The summed E-state index contributed by atoms with van der Waals surface area (Å²) < 4.78 is 0. The Bertz CT molecular complexity index is 398. The van der Waals surface area contributed by atoms with Gasteiger partial charge in [-0.3, -0.25) is 4.79 Å². The van der Waals surface area contributed by atoms with Gasteiger partial charge in [0.25, 0.3) is 5.91 Å². The first kappa shape index (κ1) is 12.8. The van der Waals surface area contributed by atoms with Gasteiger partial charge in [-0.1, -0.05) is 13.8 Å². The molecule has 1 amide bonds. The summed E-state index contributed by atoms with van der Waals surface area (Å²) >= 11 is 0. The molecule has 18 heavy (non-hydrogen) atoms. The minimum atomic E-state index is -0.124. The average Bonchev–Trinajstić information content (AvgIpc) is 2.35. The van der Waals surface area contributed by atoms with Crippen LogP contribution in [-0.4, -0.2) is 28.7 Å². The van der Waals surface area contributed by atoms with Crippen LogP contribution < -0.4 is 10.6 Å². The van der Waals surface area contributed by atoms with E-state index in [4.69, 9.17) is 0 Å². The molecule has 0 spiro atoms. The summed E-state index contributed by atoms with van der Waals surface area (Å²) in [5.41, 5.74) is 0.386. The predicted molar refractivity (Wildman–Crippen MR) is 70.5 cm³/mol. The van der Waals surface area contributed by atoms with E-state index in [-0.39, 0.29) is 5.91 Å². The molecule has 0 aliphatic heterocycles. The molecular formula is C13H20N4O. The molecule has 0 unspecified atom stereocenters. The number of rotatable bonds is 5. The first-order valence-corrected chi connectivity index (χ1v) is 6.57. The smallest absolute Gasteiger partial charge is 0.272 e. The second-order valence-electron chi connectivity index (χ2n) is 4.98. The number of hydrogen-bond acceptors (Lipinski definition) is 4. The normalized spacial score (nSPS) is 22.1. The van der Waals surface area contributed by atoms with Crippen LogP contribution in [0.2, 0.25) is 0 Å². The van der Waals surface area contributed by atoms with E-state index >= 15 is 0 Å². The van der Waals surface area contributed by atoms with Crippen molar-refractivity contribution in [2.45, 2.75) is 39.2 Å². The van der Waals surface area contributed by atoms with Crippen molar-refractivity contribution in [2.24, 2.45) is 5.92 Å². The van der Waals surface area contributed by atoms with Gasteiger partial charge in [0.15, 0.2) is 5.69 Å². The molecule has 0 bridgehead atoms. The Hall–Kier alpha value is -1.65. The molecule has 98 valence electrons. The lowest BCUT2D eigenvalue weighted by Gasteiger charge is -2.33. The summed E-state index contributed by atoms with van der Waals surface area (Å²) in [5.74, 6) is 1.31. The van der Waals surface area contributed by atoms with Gasteiger partial charge in [-0.15, -0.1) is 10.2 Å². The minimum Gasteiger partial charge on any atom is -0.369 e. The first-order valence-electron chi connectivity index (χ1n) is 6.57. The third kappa shape index (κ3) is 3.18. The molecule has 5 heteroatoms. The fourth-order valence-electron chi connectivity index (χ4n) is 2.08. The van der Waals surface area contributed by atoms with E-state index in [0.29, 0.717) is 17.6 Å². The van der Waals surface area contributed by atoms with Gasteiger partial charge in [-0.05, 0) is 37.3 Å². The molecular weight excluding hydrogens is 228 g/mol. The highest BCUT2D eigenvalue weighted by Crippen LogP contribution is 2.26. The second-order valence-corrected chi connectivity index (χ2v) is 4.98. The number of hydrogen-bond donors (Lipinski definition) is 2. The number of amides is 1. The Labute approximate surface area is 107 Å². The van der Waals surface area contributed by atoms with E-state index in [1.807, 2.05) is 0 Å². The molecule has 0 radical (unpaired) electrons. The van der Waals surface area contributed by atoms with E-state index in [1.165, 1.54) is 0 Å². The number of nitrogens with one attached hydrogen (secondary N) is 2. The van der Waals surface area contributed by atoms with Crippen molar-refractivity contribution < 1.29 is 4.79 Å². The van der Waals surface area contributed by atoms with Crippen LogP contribution in [0.15, 0.2) is 12.1 Å². The molecule has 2 rings (SSSR count). The topological polar surface area (TPSA) is 66.9 Å². The third-order valence-corrected chi connectivity index (χ3v) is 3.16. The lowest BCUT2D eigenvalue weighted by molar-refractivity contribution is 0.0890. The summed E-state index contributed by atoms with van der Waals surface area (Å²) in [5, 5.41) is 14.0. The van der Waals surface area contributed by atoms with Crippen molar-refractivity contribution in [1.82, 2.24) is 15.5 Å². The molecule has 1 aliphatic rings. The molecule has 1 aromatic rings. The van der Waals surface area contributed by atoms with E-state index in [2.05, 4.69) is 34.7 Å². The number of anilines is 1. The monoisotopic (exact) mass is 248 g/mol. The third-order valence-electron chi connectivity index (χ3n) is 3.16. The zero-order valence-corrected chi connectivity index (χ0v) is 10.9. The van der Waals surface area contributed by atoms with Crippen LogP contribution in [0.3, 0.4) is 0 Å². The fraction of sp³-hybridized carbons (Fsp3) is 0.615. The van der Waals surface area contributed by atoms with Gasteiger partial charge in [0, 0.05) is 12.6 Å². The van der Waals surface area contributed by atoms with Crippen molar-refractivity contribution >= 4 is 11.7 Å². The van der Waals surface area contributed by atoms with E-state index in [0.717, 1.165) is 31.7 Å². The minimum absolute atomic E-state index is 0.124. The summed E-state index contributed by atoms with van der Waals surface area (Å²) in [6.45, 7) is 5.14. The Morgan fingerprint density at radius 2 is 2.17 bits per heavy atom. The fourth-order valence-corrected chi connectivity index (χ4v) is 2.08. The lowest BCUT2D eigenvalue weighted by atomic mass is 9.82. The largest absolute Gasteiger partial charge is 0.369 e. The molecule has 1 aliphatic carbocycles. The van der Waals surface area contributed by atoms with Gasteiger partial charge in [-0.25, -0.2) is 0 Å². The van der Waals surface area contributed by atoms with Crippen LogP contribution in [-0.2, 0) is 0 Å². The quantitative estimate of drug-likeness (QED) is 0.834. The van der Waals surface area contributed by atoms with Crippen molar-refractivity contribution in [3.63, 3.8) is 0 Å². The maximum Gasteiger partial charge on any atom is 0.272 e. The molecule has 0 atom stereocenters. The average molecular weight is 248 g/mol. The van der Waals surface area contributed by atoms with Gasteiger partial charge in [0.1, 0.15) is 5.82 Å². The van der Waals surface area contributed by atoms with Gasteiger partial charge in [0.2, 0.25) is 0 Å². The van der Waals surface area contributed by atoms with E-state index in [9.17, 15) is 4.79 Å². The van der Waals surface area contributed by atoms with Gasteiger partial charge in [0.05, 0.1) is 0 Å². The number of carbonyl (C=O) groups excluding carboxylic acids is 1. The summed E-state index contributed by atoms with van der Waals surface area (Å²) in [4.78, 5) is 11.8. The van der Waals surface area contributed by atoms with Crippen molar-refractivity contribution in [2.75, 3.05) is 11.9 Å². The number of nitrogens with zero attached hydrogens (tertiary/aromatic N) is 2. The SMILES string of the molecule is CCCNc1ccc(C(=O)NC2CC(C)C2)nn1. The standard InChI is InChI=1S/C13H20N4O/c1-3-6-14-12-5-4-11(16-17-12)13(18)15-10-7-9(2)8-10/h4-5,9-10H,3,6-8H2,1-2H3,(H,14,17)(H,15,18). The highest BCUT2D eigenvalue weighted by Gasteiger charge is 2.27. The van der Waals surface area contributed by atoms with Crippen LogP contribution in [0.5, 0.6) is 0 Å². The number of carbonyl (C=O) groups is 1. The van der Waals surface area contributed by atoms with Crippen molar-refractivity contribution in [3.8, 4) is 0 Å². The molecule has 1 saturated carbocycles. The Morgan fingerprint density at radius 1 is 1.39 bits per heavy atom. The van der Waals surface area contributed by atoms with Crippen LogP contribution in [0, 0.1) is 5.92 Å². The van der Waals surface area contributed by atoms with Crippen LogP contribution in [0.1, 0.15) is 43.6 Å². The molecule has 2 N–H and O–H groups in total. The second kappa shape index (κ2) is 5.80. The first-order chi connectivity index (χ1) is 8.69. The van der Waals surface area contributed by atoms with Crippen LogP contribution >= 0.6 is 0 Å². The maximum absolute atomic E-state index is 11.8. The maximum atomic E-state index is 11.8. The highest BCUT2D eigenvalue weighted by atomic mass is 16.2. The Balaban J connectivity index is 1.86. The molecule has 1 heterocycles. The van der Waals surface area contributed by atoms with Gasteiger partial charge in [-0.2, -0.15) is 0 Å². The van der Waals surface area contributed by atoms with E-state index in [1.54, 1.807) is 12.1 Å². The summed E-state index contributed by atoms with van der Waals surface area (Å²) in [6, 6.07) is 3.82. The zero-order chi connectivity index (χ0) is 13.0. The number of aromatic nitrogens is 2. The van der Waals surface area contributed by atoms with Gasteiger partial charge >= 0.3 is 0 Å². The predicted octanol–water partition coefficient (Wildman–Crippen LogP) is 1.83. The summed E-state index contributed by atoms with van der Waals surface area (Å²) in [7, 11) is 0.